The third-order valence-electron chi connectivity index (χ3n) is 4.55. The molecule has 0 aliphatic carbocycles. The number of amides is 1. The molecular formula is C18H14N6O2. The summed E-state index contributed by atoms with van der Waals surface area (Å²) in [4.78, 5) is 30.1. The number of H-pyrrole nitrogens is 1. The zero-order valence-electron chi connectivity index (χ0n) is 13.7. The van der Waals surface area contributed by atoms with Crippen LogP contribution in [0.2, 0.25) is 0 Å². The topological polar surface area (TPSA) is 101 Å². The van der Waals surface area contributed by atoms with Gasteiger partial charge in [-0.05, 0) is 30.3 Å². The standard InChI is InChI=1S/C18H14N6O2/c25-18(11-3-4-14-15(6-11)21-10-20-14)24-8-13(9-24)17-22-16(23-26-17)12-2-1-5-19-7-12/h1-7,10,13H,8-9H2,(H,20,21). The van der Waals surface area contributed by atoms with E-state index >= 15 is 0 Å². The summed E-state index contributed by atoms with van der Waals surface area (Å²) in [5.74, 6) is 1.12. The molecule has 0 radical (unpaired) electrons. The molecule has 4 aromatic rings. The summed E-state index contributed by atoms with van der Waals surface area (Å²) in [6.07, 6.45) is 5.01. The van der Waals surface area contributed by atoms with Crippen LogP contribution in [0.1, 0.15) is 22.2 Å². The van der Waals surface area contributed by atoms with Gasteiger partial charge < -0.3 is 14.4 Å². The Morgan fingerprint density at radius 2 is 2.19 bits per heavy atom. The molecule has 1 aliphatic heterocycles. The third kappa shape index (κ3) is 2.43. The number of hydrogen-bond donors (Lipinski definition) is 1. The molecule has 1 saturated heterocycles. The number of nitrogens with zero attached hydrogens (tertiary/aromatic N) is 5. The Labute approximate surface area is 147 Å². The lowest BCUT2D eigenvalue weighted by atomic mass is 9.98. The second-order valence-electron chi connectivity index (χ2n) is 6.24. The van der Waals surface area contributed by atoms with Crippen LogP contribution in [0.15, 0.2) is 53.6 Å². The van der Waals surface area contributed by atoms with Crippen LogP contribution in [0, 0.1) is 0 Å². The highest BCUT2D eigenvalue weighted by molar-refractivity contribution is 5.97. The van der Waals surface area contributed by atoms with Crippen LogP contribution in [-0.4, -0.2) is 49.0 Å². The maximum Gasteiger partial charge on any atom is 0.253 e. The molecule has 1 fully saturated rings. The molecule has 5 rings (SSSR count). The second-order valence-corrected chi connectivity index (χ2v) is 6.24. The number of hydrogen-bond acceptors (Lipinski definition) is 6. The molecule has 8 heteroatoms. The van der Waals surface area contributed by atoms with Crippen LogP contribution in [0.25, 0.3) is 22.4 Å². The van der Waals surface area contributed by atoms with E-state index in [0.717, 1.165) is 16.6 Å². The summed E-state index contributed by atoms with van der Waals surface area (Å²) in [6.45, 7) is 1.13. The number of rotatable bonds is 3. The number of carbonyl (C=O) groups excluding carboxylic acids is 1. The highest BCUT2D eigenvalue weighted by Gasteiger charge is 2.36. The summed E-state index contributed by atoms with van der Waals surface area (Å²) >= 11 is 0. The van der Waals surface area contributed by atoms with Crippen molar-refractivity contribution in [2.24, 2.45) is 0 Å². The van der Waals surface area contributed by atoms with Crippen molar-refractivity contribution in [3.05, 3.63) is 60.5 Å². The number of aromatic amines is 1. The van der Waals surface area contributed by atoms with Gasteiger partial charge in [-0.2, -0.15) is 4.98 Å². The van der Waals surface area contributed by atoms with Crippen molar-refractivity contribution in [1.29, 1.82) is 0 Å². The fourth-order valence-electron chi connectivity index (χ4n) is 3.07. The minimum Gasteiger partial charge on any atom is -0.345 e. The highest BCUT2D eigenvalue weighted by atomic mass is 16.5. The lowest BCUT2D eigenvalue weighted by Gasteiger charge is -2.37. The highest BCUT2D eigenvalue weighted by Crippen LogP contribution is 2.29. The third-order valence-corrected chi connectivity index (χ3v) is 4.55. The van der Waals surface area contributed by atoms with Crippen LogP contribution >= 0.6 is 0 Å². The lowest BCUT2D eigenvalue weighted by molar-refractivity contribution is 0.0569. The van der Waals surface area contributed by atoms with E-state index in [0.29, 0.717) is 30.4 Å². The number of imidazole rings is 1. The maximum atomic E-state index is 12.6. The van der Waals surface area contributed by atoms with E-state index in [9.17, 15) is 4.79 Å². The van der Waals surface area contributed by atoms with E-state index in [4.69, 9.17) is 4.52 Å². The molecule has 1 N–H and O–H groups in total. The summed E-state index contributed by atoms with van der Waals surface area (Å²) < 4.78 is 5.36. The fourth-order valence-corrected chi connectivity index (χ4v) is 3.07. The van der Waals surface area contributed by atoms with Gasteiger partial charge in [-0.1, -0.05) is 5.16 Å². The molecule has 0 spiro atoms. The first-order valence-corrected chi connectivity index (χ1v) is 8.24. The smallest absolute Gasteiger partial charge is 0.253 e. The number of carbonyl (C=O) groups is 1. The van der Waals surface area contributed by atoms with Crippen molar-refractivity contribution >= 4 is 16.9 Å². The van der Waals surface area contributed by atoms with Crippen molar-refractivity contribution in [1.82, 2.24) is 30.0 Å². The first kappa shape index (κ1) is 14.8. The predicted molar refractivity (Wildman–Crippen MR) is 92.3 cm³/mol. The zero-order valence-corrected chi connectivity index (χ0v) is 13.7. The minimum atomic E-state index is -0.00949. The monoisotopic (exact) mass is 346 g/mol. The quantitative estimate of drug-likeness (QED) is 0.610. The normalized spacial score (nSPS) is 14.5. The number of nitrogens with one attached hydrogen (secondary N) is 1. The zero-order chi connectivity index (χ0) is 17.5. The van der Waals surface area contributed by atoms with Crippen LogP contribution in [0.5, 0.6) is 0 Å². The van der Waals surface area contributed by atoms with Crippen LogP contribution in [-0.2, 0) is 0 Å². The Bertz CT molecular complexity index is 1080. The summed E-state index contributed by atoms with van der Waals surface area (Å²) in [5.41, 5.74) is 3.15. The lowest BCUT2D eigenvalue weighted by Crippen LogP contribution is -2.48. The van der Waals surface area contributed by atoms with Gasteiger partial charge >= 0.3 is 0 Å². The molecule has 0 unspecified atom stereocenters. The Hall–Kier alpha value is -3.55. The average molecular weight is 346 g/mol. The molecule has 8 nitrogen and oxygen atoms in total. The molecule has 0 atom stereocenters. The van der Waals surface area contributed by atoms with Gasteiger partial charge in [0.15, 0.2) is 0 Å². The van der Waals surface area contributed by atoms with Gasteiger partial charge in [0.05, 0.1) is 23.3 Å². The molecule has 1 aromatic carbocycles. The largest absolute Gasteiger partial charge is 0.345 e. The number of fused-ring (bicyclic) bond motifs is 1. The molecule has 0 bridgehead atoms. The van der Waals surface area contributed by atoms with Crippen LogP contribution < -0.4 is 0 Å². The van der Waals surface area contributed by atoms with Crippen molar-refractivity contribution in [3.8, 4) is 11.4 Å². The van der Waals surface area contributed by atoms with E-state index in [-0.39, 0.29) is 11.8 Å². The Balaban J connectivity index is 1.28. The first-order valence-electron chi connectivity index (χ1n) is 8.24. The van der Waals surface area contributed by atoms with Gasteiger partial charge in [-0.15, -0.1) is 0 Å². The Morgan fingerprint density at radius 1 is 1.27 bits per heavy atom. The van der Waals surface area contributed by atoms with Gasteiger partial charge in [0, 0.05) is 36.6 Å². The molecular weight excluding hydrogens is 332 g/mol. The molecule has 128 valence electrons. The van der Waals surface area contributed by atoms with Gasteiger partial charge in [-0.25, -0.2) is 4.98 Å². The molecule has 1 amide bonds. The van der Waals surface area contributed by atoms with Crippen LogP contribution in [0.4, 0.5) is 0 Å². The summed E-state index contributed by atoms with van der Waals surface area (Å²) in [7, 11) is 0. The van der Waals surface area contributed by atoms with Gasteiger partial charge in [0.1, 0.15) is 0 Å². The van der Waals surface area contributed by atoms with Crippen molar-refractivity contribution in [2.75, 3.05) is 13.1 Å². The van der Waals surface area contributed by atoms with Crippen molar-refractivity contribution in [3.63, 3.8) is 0 Å². The van der Waals surface area contributed by atoms with Gasteiger partial charge in [-0.3, -0.25) is 9.78 Å². The van der Waals surface area contributed by atoms with E-state index in [1.807, 2.05) is 24.3 Å². The van der Waals surface area contributed by atoms with Crippen molar-refractivity contribution in [2.45, 2.75) is 5.92 Å². The molecule has 3 aromatic heterocycles. The Morgan fingerprint density at radius 3 is 3.04 bits per heavy atom. The molecule has 0 saturated carbocycles. The maximum absolute atomic E-state index is 12.6. The fraction of sp³-hybridized carbons (Fsp3) is 0.167. The molecule has 26 heavy (non-hydrogen) atoms. The molecule has 4 heterocycles. The minimum absolute atomic E-state index is 0.00949. The predicted octanol–water partition coefficient (Wildman–Crippen LogP) is 2.25. The average Bonchev–Trinajstić information content (AvgIpc) is 3.30. The van der Waals surface area contributed by atoms with Gasteiger partial charge in [0.2, 0.25) is 11.7 Å². The summed E-state index contributed by atoms with van der Waals surface area (Å²) in [6, 6.07) is 9.17. The van der Waals surface area contributed by atoms with Crippen molar-refractivity contribution < 1.29 is 9.32 Å². The van der Waals surface area contributed by atoms with Crippen LogP contribution in [0.3, 0.4) is 0 Å². The Kier molecular flexibility index (Phi) is 3.27. The number of aromatic nitrogens is 5. The number of pyridine rings is 1. The van der Waals surface area contributed by atoms with Gasteiger partial charge in [0.25, 0.3) is 5.91 Å². The van der Waals surface area contributed by atoms with E-state index < -0.39 is 0 Å². The van der Waals surface area contributed by atoms with E-state index in [2.05, 4.69) is 25.1 Å². The number of likely N-dealkylation sites (tertiary alicyclic amines) is 1. The van der Waals surface area contributed by atoms with E-state index in [1.165, 1.54) is 0 Å². The van der Waals surface area contributed by atoms with E-state index in [1.54, 1.807) is 29.7 Å². The molecule has 1 aliphatic rings. The summed E-state index contributed by atoms with van der Waals surface area (Å²) in [5, 5.41) is 4.01. The SMILES string of the molecule is O=C(c1ccc2nc[nH]c2c1)N1CC(c2nc(-c3cccnc3)no2)C1. The number of benzene rings is 1. The first-order chi connectivity index (χ1) is 12.8. The second kappa shape index (κ2) is 5.76.